The molecule has 5 heteroatoms. The van der Waals surface area contributed by atoms with Crippen LogP contribution in [-0.4, -0.2) is 48.8 Å². The number of nitrogens with two attached hydrogens (primary N) is 1. The first-order valence-corrected chi connectivity index (χ1v) is 8.01. The molecule has 2 aliphatic heterocycles. The summed E-state index contributed by atoms with van der Waals surface area (Å²) in [5.41, 5.74) is 6.74. The van der Waals surface area contributed by atoms with E-state index in [-0.39, 0.29) is 30.3 Å². The van der Waals surface area contributed by atoms with Crippen LogP contribution in [-0.2, 0) is 14.3 Å². The van der Waals surface area contributed by atoms with E-state index in [0.29, 0.717) is 19.7 Å². The monoisotopic (exact) mass is 304 g/mol. The molecule has 0 aromatic heterocycles. The van der Waals surface area contributed by atoms with E-state index in [1.807, 2.05) is 42.2 Å². The lowest BCUT2D eigenvalue weighted by molar-refractivity contribution is -0.155. The number of benzene rings is 1. The van der Waals surface area contributed by atoms with Gasteiger partial charge in [-0.1, -0.05) is 30.3 Å². The number of hydrogen-bond donors (Lipinski definition) is 1. The van der Waals surface area contributed by atoms with Gasteiger partial charge in [0.1, 0.15) is 12.2 Å². The van der Waals surface area contributed by atoms with Crippen molar-refractivity contribution in [3.05, 3.63) is 35.9 Å². The van der Waals surface area contributed by atoms with Crippen LogP contribution in [0.4, 0.5) is 0 Å². The third-order valence-electron chi connectivity index (χ3n) is 4.53. The van der Waals surface area contributed by atoms with Gasteiger partial charge in [-0.3, -0.25) is 4.79 Å². The fourth-order valence-corrected chi connectivity index (χ4v) is 3.18. The summed E-state index contributed by atoms with van der Waals surface area (Å²) in [7, 11) is 0. The second-order valence-electron chi connectivity index (χ2n) is 6.13. The lowest BCUT2D eigenvalue weighted by Crippen LogP contribution is -2.51. The van der Waals surface area contributed by atoms with Crippen molar-refractivity contribution in [3.63, 3.8) is 0 Å². The third-order valence-corrected chi connectivity index (χ3v) is 4.53. The number of carbonyl (C=O) groups is 1. The van der Waals surface area contributed by atoms with Crippen LogP contribution in [0.3, 0.4) is 0 Å². The molecule has 22 heavy (non-hydrogen) atoms. The van der Waals surface area contributed by atoms with Gasteiger partial charge in [-0.2, -0.15) is 0 Å². The average Bonchev–Trinajstić information content (AvgIpc) is 3.04. The first-order valence-electron chi connectivity index (χ1n) is 8.01. The summed E-state index contributed by atoms with van der Waals surface area (Å²) in [6, 6.07) is 10.1. The molecule has 4 atom stereocenters. The molecule has 0 spiro atoms. The zero-order chi connectivity index (χ0) is 15.5. The Hall–Kier alpha value is -1.43. The Morgan fingerprint density at radius 2 is 2.09 bits per heavy atom. The van der Waals surface area contributed by atoms with Crippen molar-refractivity contribution in [2.75, 3.05) is 19.7 Å². The van der Waals surface area contributed by atoms with Gasteiger partial charge >= 0.3 is 0 Å². The zero-order valence-electron chi connectivity index (χ0n) is 13.0. The Balaban J connectivity index is 1.68. The Morgan fingerprint density at radius 1 is 1.32 bits per heavy atom. The highest BCUT2D eigenvalue weighted by atomic mass is 16.5. The van der Waals surface area contributed by atoms with Gasteiger partial charge in [-0.15, -0.1) is 0 Å². The summed E-state index contributed by atoms with van der Waals surface area (Å²) in [4.78, 5) is 14.7. The molecule has 2 heterocycles. The zero-order valence-corrected chi connectivity index (χ0v) is 13.0. The quantitative estimate of drug-likeness (QED) is 0.918. The number of rotatable bonds is 3. The van der Waals surface area contributed by atoms with E-state index in [1.54, 1.807) is 0 Å². The summed E-state index contributed by atoms with van der Waals surface area (Å²) in [5, 5.41) is 0. The first kappa shape index (κ1) is 15.5. The highest BCUT2D eigenvalue weighted by Gasteiger charge is 2.37. The molecule has 0 saturated carbocycles. The highest BCUT2D eigenvalue weighted by Crippen LogP contribution is 2.28. The molecule has 2 N–H and O–H groups in total. The minimum absolute atomic E-state index is 0.0233. The number of amides is 1. The molecule has 2 saturated heterocycles. The van der Waals surface area contributed by atoms with Crippen molar-refractivity contribution in [3.8, 4) is 0 Å². The molecule has 2 aliphatic rings. The summed E-state index contributed by atoms with van der Waals surface area (Å²) < 4.78 is 11.7. The lowest BCUT2D eigenvalue weighted by atomic mass is 10.0. The fraction of sp³-hybridized carbons (Fsp3) is 0.588. The molecule has 1 aromatic rings. The van der Waals surface area contributed by atoms with Gasteiger partial charge in [0.15, 0.2) is 0 Å². The Morgan fingerprint density at radius 3 is 2.77 bits per heavy atom. The SMILES string of the molecule is CC1COC(c2ccccc2)CN1C(=O)[C@@H]1CC[C@H](CN)O1. The van der Waals surface area contributed by atoms with Gasteiger partial charge in [0.2, 0.25) is 0 Å². The van der Waals surface area contributed by atoms with Gasteiger partial charge in [0.05, 0.1) is 25.3 Å². The Kier molecular flexibility index (Phi) is 4.76. The van der Waals surface area contributed by atoms with Gasteiger partial charge in [-0.25, -0.2) is 0 Å². The first-order chi connectivity index (χ1) is 10.7. The number of carbonyl (C=O) groups excluding carboxylic acids is 1. The normalized spacial score (nSPS) is 32.2. The molecule has 1 amide bonds. The van der Waals surface area contributed by atoms with E-state index >= 15 is 0 Å². The molecule has 2 unspecified atom stereocenters. The number of nitrogens with zero attached hydrogens (tertiary/aromatic N) is 1. The molecule has 0 radical (unpaired) electrons. The fourth-order valence-electron chi connectivity index (χ4n) is 3.18. The standard InChI is InChI=1S/C17H24N2O3/c1-12-11-21-16(13-5-3-2-4-6-13)10-19(12)17(20)15-8-7-14(9-18)22-15/h2-6,12,14-16H,7-11,18H2,1H3/t12?,14-,15+,16?/m1/s1. The molecule has 0 aliphatic carbocycles. The van der Waals surface area contributed by atoms with Crippen LogP contribution in [0.15, 0.2) is 30.3 Å². The van der Waals surface area contributed by atoms with Crippen LogP contribution in [0.25, 0.3) is 0 Å². The number of morpholine rings is 1. The lowest BCUT2D eigenvalue weighted by Gasteiger charge is -2.39. The summed E-state index contributed by atoms with van der Waals surface area (Å²) in [6.07, 6.45) is 1.25. The number of ether oxygens (including phenoxy) is 2. The minimum Gasteiger partial charge on any atom is -0.370 e. The highest BCUT2D eigenvalue weighted by molar-refractivity contribution is 5.81. The van der Waals surface area contributed by atoms with Crippen molar-refractivity contribution >= 4 is 5.91 Å². The van der Waals surface area contributed by atoms with Crippen LogP contribution >= 0.6 is 0 Å². The molecule has 3 rings (SSSR count). The molecule has 1 aromatic carbocycles. The third kappa shape index (κ3) is 3.16. The van der Waals surface area contributed by atoms with E-state index in [0.717, 1.165) is 18.4 Å². The van der Waals surface area contributed by atoms with E-state index in [9.17, 15) is 4.79 Å². The topological polar surface area (TPSA) is 64.8 Å². The minimum atomic E-state index is -0.342. The number of hydrogen-bond acceptors (Lipinski definition) is 4. The van der Waals surface area contributed by atoms with E-state index in [2.05, 4.69) is 0 Å². The van der Waals surface area contributed by atoms with Crippen molar-refractivity contribution < 1.29 is 14.3 Å². The van der Waals surface area contributed by atoms with Crippen molar-refractivity contribution in [2.24, 2.45) is 5.73 Å². The predicted molar refractivity (Wildman–Crippen MR) is 83.3 cm³/mol. The molecular weight excluding hydrogens is 280 g/mol. The van der Waals surface area contributed by atoms with Crippen LogP contribution in [0.2, 0.25) is 0 Å². The summed E-state index contributed by atoms with van der Waals surface area (Å²) >= 11 is 0. The van der Waals surface area contributed by atoms with Crippen LogP contribution in [0.5, 0.6) is 0 Å². The summed E-state index contributed by atoms with van der Waals surface area (Å²) in [6.45, 7) is 3.64. The molecular formula is C17H24N2O3. The Bertz CT molecular complexity index is 508. The Labute approximate surface area is 131 Å². The van der Waals surface area contributed by atoms with Crippen molar-refractivity contribution in [1.29, 1.82) is 0 Å². The second-order valence-corrected chi connectivity index (χ2v) is 6.13. The average molecular weight is 304 g/mol. The second kappa shape index (κ2) is 6.77. The molecule has 0 bridgehead atoms. The summed E-state index contributed by atoms with van der Waals surface area (Å²) in [5.74, 6) is 0.0766. The van der Waals surface area contributed by atoms with Gasteiger partial charge in [0.25, 0.3) is 5.91 Å². The van der Waals surface area contributed by atoms with Gasteiger partial charge in [-0.05, 0) is 25.3 Å². The van der Waals surface area contributed by atoms with Crippen molar-refractivity contribution in [2.45, 2.75) is 44.1 Å². The maximum atomic E-state index is 12.8. The maximum Gasteiger partial charge on any atom is 0.252 e. The smallest absolute Gasteiger partial charge is 0.252 e. The van der Waals surface area contributed by atoms with E-state index < -0.39 is 0 Å². The molecule has 2 fully saturated rings. The largest absolute Gasteiger partial charge is 0.370 e. The van der Waals surface area contributed by atoms with Crippen LogP contribution in [0.1, 0.15) is 31.4 Å². The van der Waals surface area contributed by atoms with Gasteiger partial charge in [0, 0.05) is 6.54 Å². The van der Waals surface area contributed by atoms with E-state index in [4.69, 9.17) is 15.2 Å². The molecule has 120 valence electrons. The van der Waals surface area contributed by atoms with Gasteiger partial charge < -0.3 is 20.1 Å². The van der Waals surface area contributed by atoms with Crippen LogP contribution < -0.4 is 5.73 Å². The predicted octanol–water partition coefficient (Wildman–Crippen LogP) is 1.48. The van der Waals surface area contributed by atoms with Crippen molar-refractivity contribution in [1.82, 2.24) is 4.90 Å². The van der Waals surface area contributed by atoms with E-state index in [1.165, 1.54) is 0 Å². The maximum absolute atomic E-state index is 12.8. The van der Waals surface area contributed by atoms with Crippen LogP contribution in [0, 0.1) is 0 Å². The molecule has 5 nitrogen and oxygen atoms in total.